The number of amides is 1. The lowest BCUT2D eigenvalue weighted by molar-refractivity contribution is 0.0946. The van der Waals surface area contributed by atoms with Gasteiger partial charge in [-0.2, -0.15) is 0 Å². The normalized spacial score (nSPS) is 14.0. The molecule has 1 saturated heterocycles. The van der Waals surface area contributed by atoms with E-state index in [1.54, 1.807) is 30.7 Å². The Hall–Kier alpha value is -3.48. The molecule has 1 fully saturated rings. The molecule has 0 saturated carbocycles. The lowest BCUT2D eigenvalue weighted by atomic mass is 10.2. The molecule has 2 aromatic heterocycles. The van der Waals surface area contributed by atoms with Crippen molar-refractivity contribution in [3.8, 4) is 0 Å². The van der Waals surface area contributed by atoms with E-state index in [0.717, 1.165) is 24.3 Å². The number of carbonyl (C=O) groups excluding carboxylic acids is 1. The largest absolute Gasteiger partial charge is 0.368 e. The van der Waals surface area contributed by atoms with Crippen LogP contribution >= 0.6 is 0 Å². The molecule has 1 amide bonds. The van der Waals surface area contributed by atoms with Crippen molar-refractivity contribution in [3.05, 3.63) is 84.2 Å². The summed E-state index contributed by atoms with van der Waals surface area (Å²) < 4.78 is 14.0. The minimum absolute atomic E-state index is 0.196. The molecule has 29 heavy (non-hydrogen) atoms. The molecule has 148 valence electrons. The van der Waals surface area contributed by atoms with Crippen LogP contribution in [0.15, 0.2) is 67.1 Å². The molecular weight excluding hydrogens is 369 g/mol. The van der Waals surface area contributed by atoms with Crippen LogP contribution in [0.5, 0.6) is 0 Å². The number of anilines is 2. The number of rotatable bonds is 5. The van der Waals surface area contributed by atoms with Gasteiger partial charge in [0.25, 0.3) is 5.91 Å². The highest BCUT2D eigenvalue weighted by molar-refractivity contribution is 5.93. The molecule has 0 bridgehead atoms. The summed E-state index contributed by atoms with van der Waals surface area (Å²) in [4.78, 5) is 24.9. The number of nitrogens with zero attached hydrogens (tertiary/aromatic N) is 4. The van der Waals surface area contributed by atoms with E-state index in [9.17, 15) is 9.18 Å². The molecule has 7 heteroatoms. The summed E-state index contributed by atoms with van der Waals surface area (Å²) in [6.07, 6.45) is 5.04. The lowest BCUT2D eigenvalue weighted by Gasteiger charge is -2.37. The van der Waals surface area contributed by atoms with Crippen molar-refractivity contribution in [1.29, 1.82) is 0 Å². The van der Waals surface area contributed by atoms with E-state index in [0.29, 0.717) is 31.0 Å². The monoisotopic (exact) mass is 391 g/mol. The van der Waals surface area contributed by atoms with Crippen molar-refractivity contribution in [2.45, 2.75) is 6.54 Å². The lowest BCUT2D eigenvalue weighted by Crippen LogP contribution is -2.46. The van der Waals surface area contributed by atoms with E-state index >= 15 is 0 Å². The van der Waals surface area contributed by atoms with Crippen molar-refractivity contribution in [2.75, 3.05) is 36.0 Å². The number of pyridine rings is 2. The van der Waals surface area contributed by atoms with E-state index in [4.69, 9.17) is 0 Å². The van der Waals surface area contributed by atoms with E-state index in [1.807, 2.05) is 30.3 Å². The molecule has 0 unspecified atom stereocenters. The number of halogens is 1. The number of carbonyl (C=O) groups is 1. The van der Waals surface area contributed by atoms with Gasteiger partial charge in [-0.05, 0) is 42.0 Å². The fraction of sp³-hybridized carbons (Fsp3) is 0.227. The first-order valence-electron chi connectivity index (χ1n) is 9.58. The van der Waals surface area contributed by atoms with Crippen molar-refractivity contribution in [3.63, 3.8) is 0 Å². The average Bonchev–Trinajstić information content (AvgIpc) is 2.79. The third kappa shape index (κ3) is 4.51. The molecule has 1 aromatic carbocycles. The van der Waals surface area contributed by atoms with Crippen LogP contribution in [0.4, 0.5) is 15.8 Å². The number of hydrogen-bond donors (Lipinski definition) is 1. The third-order valence-corrected chi connectivity index (χ3v) is 5.02. The Bertz CT molecular complexity index is 974. The van der Waals surface area contributed by atoms with Crippen LogP contribution in [-0.2, 0) is 6.54 Å². The molecule has 0 spiro atoms. The van der Waals surface area contributed by atoms with Crippen molar-refractivity contribution >= 4 is 17.3 Å². The quantitative estimate of drug-likeness (QED) is 0.725. The number of hydrogen-bond acceptors (Lipinski definition) is 5. The fourth-order valence-electron chi connectivity index (χ4n) is 3.43. The van der Waals surface area contributed by atoms with Crippen LogP contribution < -0.4 is 15.1 Å². The summed E-state index contributed by atoms with van der Waals surface area (Å²) >= 11 is 0. The standard InChI is InChI=1S/C22H22FN5O/c23-19-3-1-2-4-21(19)28-13-11-27(12-14-28)18-7-10-25-20(15-18)22(29)26-16-17-5-8-24-9-6-17/h1-10,15H,11-14,16H2,(H,26,29). The molecule has 0 atom stereocenters. The first kappa shape index (κ1) is 18.9. The highest BCUT2D eigenvalue weighted by Gasteiger charge is 2.20. The zero-order chi connectivity index (χ0) is 20.1. The smallest absolute Gasteiger partial charge is 0.270 e. The van der Waals surface area contributed by atoms with Gasteiger partial charge in [0.2, 0.25) is 0 Å². The van der Waals surface area contributed by atoms with Gasteiger partial charge in [0, 0.05) is 57.0 Å². The minimum atomic E-state index is -0.214. The molecule has 4 rings (SSSR count). The summed E-state index contributed by atoms with van der Waals surface area (Å²) in [6.45, 7) is 3.35. The van der Waals surface area contributed by atoms with Gasteiger partial charge in [0.15, 0.2) is 0 Å². The predicted molar refractivity (Wildman–Crippen MR) is 110 cm³/mol. The van der Waals surface area contributed by atoms with E-state index in [2.05, 4.69) is 25.1 Å². The maximum absolute atomic E-state index is 14.0. The second-order valence-corrected chi connectivity index (χ2v) is 6.86. The van der Waals surface area contributed by atoms with Crippen LogP contribution in [0.1, 0.15) is 16.1 Å². The Balaban J connectivity index is 1.38. The molecule has 3 aromatic rings. The molecule has 0 radical (unpaired) electrons. The average molecular weight is 391 g/mol. The summed E-state index contributed by atoms with van der Waals surface area (Å²) in [5, 5.41) is 2.88. The van der Waals surface area contributed by atoms with Crippen molar-refractivity contribution in [2.24, 2.45) is 0 Å². The SMILES string of the molecule is O=C(NCc1ccncc1)c1cc(N2CCN(c3ccccc3F)CC2)ccn1. The summed E-state index contributed by atoms with van der Waals surface area (Å²) in [7, 11) is 0. The van der Waals surface area contributed by atoms with Gasteiger partial charge in [-0.25, -0.2) is 4.39 Å². The first-order chi connectivity index (χ1) is 14.2. The maximum atomic E-state index is 14.0. The van der Waals surface area contributed by atoms with Crippen LogP contribution in [-0.4, -0.2) is 42.1 Å². The molecule has 1 N–H and O–H groups in total. The number of aromatic nitrogens is 2. The third-order valence-electron chi connectivity index (χ3n) is 5.02. The van der Waals surface area contributed by atoms with Crippen molar-refractivity contribution in [1.82, 2.24) is 15.3 Å². The van der Waals surface area contributed by atoms with E-state index in [1.165, 1.54) is 6.07 Å². The predicted octanol–water partition coefficient (Wildman–Crippen LogP) is 2.87. The molecule has 1 aliphatic rings. The van der Waals surface area contributed by atoms with Gasteiger partial charge in [0.1, 0.15) is 11.5 Å². The minimum Gasteiger partial charge on any atom is -0.368 e. The Morgan fingerprint density at radius 2 is 1.69 bits per heavy atom. The highest BCUT2D eigenvalue weighted by Crippen LogP contribution is 2.23. The van der Waals surface area contributed by atoms with Gasteiger partial charge >= 0.3 is 0 Å². The van der Waals surface area contributed by atoms with Gasteiger partial charge in [-0.3, -0.25) is 14.8 Å². The first-order valence-corrected chi connectivity index (χ1v) is 9.58. The van der Waals surface area contributed by atoms with Crippen LogP contribution in [0, 0.1) is 5.82 Å². The number of benzene rings is 1. The Morgan fingerprint density at radius 1 is 0.966 bits per heavy atom. The topological polar surface area (TPSA) is 61.4 Å². The van der Waals surface area contributed by atoms with Crippen molar-refractivity contribution < 1.29 is 9.18 Å². The Kier molecular flexibility index (Phi) is 5.65. The fourth-order valence-corrected chi connectivity index (χ4v) is 3.43. The van der Waals surface area contributed by atoms with E-state index < -0.39 is 0 Å². The highest BCUT2D eigenvalue weighted by atomic mass is 19.1. The zero-order valence-electron chi connectivity index (χ0n) is 16.0. The maximum Gasteiger partial charge on any atom is 0.270 e. The number of piperazine rings is 1. The second-order valence-electron chi connectivity index (χ2n) is 6.86. The van der Waals surface area contributed by atoms with Gasteiger partial charge in [-0.15, -0.1) is 0 Å². The van der Waals surface area contributed by atoms with Gasteiger partial charge in [-0.1, -0.05) is 12.1 Å². The molecular formula is C22H22FN5O. The van der Waals surface area contributed by atoms with Crippen LogP contribution in [0.3, 0.4) is 0 Å². The molecule has 1 aliphatic heterocycles. The van der Waals surface area contributed by atoms with Crippen LogP contribution in [0.2, 0.25) is 0 Å². The van der Waals surface area contributed by atoms with E-state index in [-0.39, 0.29) is 11.7 Å². The van der Waals surface area contributed by atoms with Gasteiger partial charge in [0.05, 0.1) is 5.69 Å². The Labute approximate surface area is 169 Å². The second kappa shape index (κ2) is 8.68. The molecule has 0 aliphatic carbocycles. The summed E-state index contributed by atoms with van der Waals surface area (Å²) in [5.74, 6) is -0.410. The Morgan fingerprint density at radius 3 is 2.45 bits per heavy atom. The summed E-state index contributed by atoms with van der Waals surface area (Å²) in [6, 6.07) is 14.3. The molecule has 6 nitrogen and oxygen atoms in total. The van der Waals surface area contributed by atoms with Crippen LogP contribution in [0.25, 0.3) is 0 Å². The number of nitrogens with one attached hydrogen (secondary N) is 1. The summed E-state index contributed by atoms with van der Waals surface area (Å²) in [5.41, 5.74) is 2.95. The zero-order valence-corrected chi connectivity index (χ0v) is 16.0. The van der Waals surface area contributed by atoms with Gasteiger partial charge < -0.3 is 15.1 Å². The molecule has 3 heterocycles. The number of para-hydroxylation sites is 1.